The Morgan fingerprint density at radius 2 is 1.68 bits per heavy atom. The molecule has 28 heavy (non-hydrogen) atoms. The first-order chi connectivity index (χ1) is 13.5. The number of carbonyl (C=O) groups is 2. The number of fused-ring (bicyclic) bond motifs is 1. The fourth-order valence-electron chi connectivity index (χ4n) is 2.91. The molecule has 0 radical (unpaired) electrons. The lowest BCUT2D eigenvalue weighted by Gasteiger charge is -2.30. The Kier molecular flexibility index (Phi) is 6.20. The van der Waals surface area contributed by atoms with Gasteiger partial charge in [0.1, 0.15) is 11.9 Å². The van der Waals surface area contributed by atoms with E-state index >= 15 is 0 Å². The predicted molar refractivity (Wildman–Crippen MR) is 102 cm³/mol. The van der Waals surface area contributed by atoms with E-state index in [2.05, 4.69) is 29.6 Å². The summed E-state index contributed by atoms with van der Waals surface area (Å²) < 4.78 is 17.0. The molecule has 2 N–H and O–H groups in total. The number of hydrogen-bond acceptors (Lipinski definition) is 6. The third kappa shape index (κ3) is 4.45. The highest BCUT2D eigenvalue weighted by Gasteiger charge is 2.34. The summed E-state index contributed by atoms with van der Waals surface area (Å²) in [6.07, 6.45) is -1.39. The topological polar surface area (TPSA) is 93.0 Å². The maximum atomic E-state index is 12.4. The smallest absolute Gasteiger partial charge is 0.305 e. The van der Waals surface area contributed by atoms with Crippen molar-refractivity contribution in [1.82, 2.24) is 15.8 Å². The van der Waals surface area contributed by atoms with Crippen LogP contribution in [-0.2, 0) is 11.3 Å². The van der Waals surface area contributed by atoms with Crippen molar-refractivity contribution in [2.75, 3.05) is 13.1 Å². The highest BCUT2D eigenvalue weighted by Crippen LogP contribution is 2.33. The minimum Gasteiger partial charge on any atom is -0.482 e. The lowest BCUT2D eigenvalue weighted by Crippen LogP contribution is -2.53. The molecule has 8 heteroatoms. The van der Waals surface area contributed by atoms with Crippen molar-refractivity contribution in [2.45, 2.75) is 39.5 Å². The van der Waals surface area contributed by atoms with E-state index in [-0.39, 0.29) is 5.76 Å². The van der Waals surface area contributed by atoms with Crippen LogP contribution in [0.25, 0.3) is 0 Å². The van der Waals surface area contributed by atoms with Gasteiger partial charge in [0.25, 0.3) is 5.91 Å². The molecule has 0 fully saturated rings. The number of benzene rings is 1. The zero-order valence-electron chi connectivity index (χ0n) is 16.2. The van der Waals surface area contributed by atoms with E-state index in [9.17, 15) is 9.59 Å². The van der Waals surface area contributed by atoms with Gasteiger partial charge in [0.05, 0.1) is 6.54 Å². The largest absolute Gasteiger partial charge is 0.482 e. The number of hydrazine groups is 1. The van der Waals surface area contributed by atoms with E-state index in [0.29, 0.717) is 23.8 Å². The van der Waals surface area contributed by atoms with E-state index < -0.39 is 24.0 Å². The summed E-state index contributed by atoms with van der Waals surface area (Å²) in [5.41, 5.74) is 4.72. The van der Waals surface area contributed by atoms with Crippen LogP contribution in [0.1, 0.15) is 37.1 Å². The molecule has 150 valence electrons. The molecule has 2 atom stereocenters. The number of para-hydroxylation sites is 2. The molecule has 1 aromatic carbocycles. The summed E-state index contributed by atoms with van der Waals surface area (Å²) in [5.74, 6) is 0.837. The number of ether oxygens (including phenoxy) is 2. The van der Waals surface area contributed by atoms with Crippen molar-refractivity contribution in [2.24, 2.45) is 0 Å². The highest BCUT2D eigenvalue weighted by molar-refractivity contribution is 5.93. The number of furan rings is 1. The summed E-state index contributed by atoms with van der Waals surface area (Å²) in [4.78, 5) is 26.8. The quantitative estimate of drug-likeness (QED) is 0.738. The van der Waals surface area contributed by atoms with E-state index in [1.54, 1.807) is 37.3 Å². The fraction of sp³-hybridized carbons (Fsp3) is 0.400. The van der Waals surface area contributed by atoms with Crippen molar-refractivity contribution < 1.29 is 23.5 Å². The number of rotatable bonds is 6. The Balaban J connectivity index is 1.55. The van der Waals surface area contributed by atoms with E-state index in [0.717, 1.165) is 13.1 Å². The van der Waals surface area contributed by atoms with Gasteiger partial charge < -0.3 is 13.9 Å². The van der Waals surface area contributed by atoms with Gasteiger partial charge >= 0.3 is 5.91 Å². The van der Waals surface area contributed by atoms with Crippen LogP contribution in [-0.4, -0.2) is 42.0 Å². The van der Waals surface area contributed by atoms with Gasteiger partial charge in [0.2, 0.25) is 6.10 Å². The van der Waals surface area contributed by atoms with Crippen molar-refractivity contribution in [3.8, 4) is 11.5 Å². The van der Waals surface area contributed by atoms with Gasteiger partial charge in [-0.1, -0.05) is 26.0 Å². The Morgan fingerprint density at radius 3 is 2.36 bits per heavy atom. The molecule has 0 spiro atoms. The van der Waals surface area contributed by atoms with Crippen LogP contribution in [0, 0.1) is 0 Å². The van der Waals surface area contributed by atoms with Gasteiger partial charge in [0.15, 0.2) is 17.3 Å². The Hall–Kier alpha value is -3.00. The van der Waals surface area contributed by atoms with Crippen molar-refractivity contribution in [1.29, 1.82) is 0 Å². The van der Waals surface area contributed by atoms with E-state index in [1.165, 1.54) is 0 Å². The molecule has 1 aliphatic rings. The molecular formula is C20H25N3O5. The molecule has 1 aliphatic heterocycles. The fourth-order valence-corrected chi connectivity index (χ4v) is 2.91. The number of nitrogens with zero attached hydrogens (tertiary/aromatic N) is 1. The maximum absolute atomic E-state index is 12.4. The second-order valence-corrected chi connectivity index (χ2v) is 6.48. The van der Waals surface area contributed by atoms with Crippen LogP contribution < -0.4 is 20.3 Å². The van der Waals surface area contributed by atoms with Crippen LogP contribution >= 0.6 is 0 Å². The Bertz CT molecular complexity index is 831. The maximum Gasteiger partial charge on any atom is 0.305 e. The summed E-state index contributed by atoms with van der Waals surface area (Å²) in [6, 6.07) is 10.5. The average molecular weight is 387 g/mol. The standard InChI is InChI=1S/C20H25N3O5/c1-4-23(5-2)12-14-10-11-17(27-14)19(24)21-22-20(25)18-13(3)26-15-8-6-7-9-16(15)28-18/h6-11,13,18H,4-5,12H2,1-3H3,(H,21,24)(H,22,25). The molecule has 0 saturated heterocycles. The van der Waals surface area contributed by atoms with Gasteiger partial charge in [-0.25, -0.2) is 0 Å². The molecule has 0 aliphatic carbocycles. The molecule has 0 bridgehead atoms. The summed E-state index contributed by atoms with van der Waals surface area (Å²) in [5, 5.41) is 0. The summed E-state index contributed by atoms with van der Waals surface area (Å²) in [6.45, 7) is 8.25. The minimum absolute atomic E-state index is 0.127. The van der Waals surface area contributed by atoms with Crippen LogP contribution in [0.2, 0.25) is 0 Å². The zero-order chi connectivity index (χ0) is 20.1. The first kappa shape index (κ1) is 19.8. The van der Waals surface area contributed by atoms with Gasteiger partial charge in [0, 0.05) is 0 Å². The lowest BCUT2D eigenvalue weighted by molar-refractivity contribution is -0.134. The molecule has 2 heterocycles. The molecule has 3 rings (SSSR count). The van der Waals surface area contributed by atoms with Gasteiger partial charge in [-0.3, -0.25) is 25.3 Å². The van der Waals surface area contributed by atoms with Crippen molar-refractivity contribution >= 4 is 11.8 Å². The number of amides is 2. The third-order valence-corrected chi connectivity index (χ3v) is 4.56. The SMILES string of the molecule is CCN(CC)Cc1ccc(C(=O)NNC(=O)C2Oc3ccccc3OC2C)o1. The van der Waals surface area contributed by atoms with Crippen molar-refractivity contribution in [3.05, 3.63) is 47.9 Å². The summed E-state index contributed by atoms with van der Waals surface area (Å²) in [7, 11) is 0. The van der Waals surface area contributed by atoms with Crippen molar-refractivity contribution in [3.63, 3.8) is 0 Å². The Labute approximate surface area is 163 Å². The molecule has 8 nitrogen and oxygen atoms in total. The zero-order valence-corrected chi connectivity index (χ0v) is 16.2. The predicted octanol–water partition coefficient (Wildman–Crippen LogP) is 2.11. The normalized spacial score (nSPS) is 18.0. The number of carbonyl (C=O) groups excluding carboxylic acids is 2. The monoisotopic (exact) mass is 387 g/mol. The molecule has 2 amide bonds. The number of nitrogens with one attached hydrogen (secondary N) is 2. The lowest BCUT2D eigenvalue weighted by atomic mass is 10.1. The molecule has 1 aromatic heterocycles. The first-order valence-corrected chi connectivity index (χ1v) is 9.35. The number of hydrogen-bond donors (Lipinski definition) is 2. The first-order valence-electron chi connectivity index (χ1n) is 9.35. The minimum atomic E-state index is -0.884. The van der Waals surface area contributed by atoms with Crippen LogP contribution in [0.15, 0.2) is 40.8 Å². The molecule has 0 saturated carbocycles. The van der Waals surface area contributed by atoms with E-state index in [1.807, 2.05) is 6.07 Å². The summed E-state index contributed by atoms with van der Waals surface area (Å²) >= 11 is 0. The van der Waals surface area contributed by atoms with Crippen LogP contribution in [0.5, 0.6) is 11.5 Å². The van der Waals surface area contributed by atoms with Gasteiger partial charge in [-0.2, -0.15) is 0 Å². The van der Waals surface area contributed by atoms with Crippen LogP contribution in [0.3, 0.4) is 0 Å². The molecule has 2 aromatic rings. The van der Waals surface area contributed by atoms with Gasteiger partial charge in [-0.05, 0) is 44.3 Å². The second kappa shape index (κ2) is 8.79. The average Bonchev–Trinajstić information content (AvgIpc) is 3.18. The molecule has 2 unspecified atom stereocenters. The van der Waals surface area contributed by atoms with Crippen LogP contribution in [0.4, 0.5) is 0 Å². The van der Waals surface area contributed by atoms with Gasteiger partial charge in [-0.15, -0.1) is 0 Å². The van der Waals surface area contributed by atoms with E-state index in [4.69, 9.17) is 13.9 Å². The highest BCUT2D eigenvalue weighted by atomic mass is 16.6. The third-order valence-electron chi connectivity index (χ3n) is 4.56. The molecular weight excluding hydrogens is 362 g/mol. The second-order valence-electron chi connectivity index (χ2n) is 6.48. The Morgan fingerprint density at radius 1 is 1.00 bits per heavy atom.